The Kier molecular flexibility index (Phi) is 5.83. The van der Waals surface area contributed by atoms with Gasteiger partial charge in [-0.3, -0.25) is 4.79 Å². The fourth-order valence-electron chi connectivity index (χ4n) is 3.17. The van der Waals surface area contributed by atoms with Crippen LogP contribution in [0.5, 0.6) is 0 Å². The van der Waals surface area contributed by atoms with Crippen LogP contribution in [0.1, 0.15) is 30.4 Å². The number of imide groups is 1. The molecule has 2 aromatic rings. The molecule has 1 fully saturated rings. The molecule has 1 aliphatic heterocycles. The molecular weight excluding hydrogens is 316 g/mol. The molecule has 130 valence electrons. The van der Waals surface area contributed by atoms with Crippen molar-refractivity contribution in [1.29, 1.82) is 0 Å². The number of amides is 2. The van der Waals surface area contributed by atoms with E-state index in [0.717, 1.165) is 24.8 Å². The van der Waals surface area contributed by atoms with Crippen molar-refractivity contribution in [2.45, 2.75) is 38.1 Å². The first kappa shape index (κ1) is 17.2. The Balaban J connectivity index is 1.49. The Bertz CT molecular complexity index is 700. The van der Waals surface area contributed by atoms with Crippen molar-refractivity contribution in [3.63, 3.8) is 0 Å². The molecule has 0 spiro atoms. The second-order valence-corrected chi connectivity index (χ2v) is 6.38. The zero-order valence-electron chi connectivity index (χ0n) is 14.3. The molecule has 0 unspecified atom stereocenters. The molecule has 0 N–H and O–H groups in total. The number of rotatable bonds is 7. The molecule has 0 saturated carbocycles. The molecule has 1 aliphatic rings. The van der Waals surface area contributed by atoms with Crippen LogP contribution in [0.2, 0.25) is 0 Å². The lowest BCUT2D eigenvalue weighted by Gasteiger charge is -2.19. The van der Waals surface area contributed by atoms with Crippen LogP contribution in [-0.2, 0) is 22.4 Å². The molecule has 4 nitrogen and oxygen atoms in total. The van der Waals surface area contributed by atoms with Crippen LogP contribution >= 0.6 is 0 Å². The summed E-state index contributed by atoms with van der Waals surface area (Å²) in [5.41, 5.74) is 2.38. The Labute approximate surface area is 148 Å². The molecule has 2 amide bonds. The van der Waals surface area contributed by atoms with E-state index in [0.29, 0.717) is 12.8 Å². The maximum atomic E-state index is 12.5. The lowest BCUT2D eigenvalue weighted by Crippen LogP contribution is -2.40. The minimum absolute atomic E-state index is 0.128. The fraction of sp³-hybridized carbons (Fsp3) is 0.333. The average molecular weight is 339 g/mol. The Morgan fingerprint density at radius 2 is 1.60 bits per heavy atom. The topological polar surface area (TPSA) is 46.6 Å². The molecule has 1 saturated heterocycles. The van der Waals surface area contributed by atoms with E-state index in [1.165, 1.54) is 10.5 Å². The van der Waals surface area contributed by atoms with Crippen molar-refractivity contribution in [3.05, 3.63) is 71.8 Å². The highest BCUT2D eigenvalue weighted by Gasteiger charge is 2.37. The SMILES string of the molecule is O=C1OC[C@@H](Cc2ccccc2)N1[14C](=O)CCCCc1ccccc1. The highest BCUT2D eigenvalue weighted by molar-refractivity contribution is 5.93. The number of cyclic esters (lactones) is 1. The van der Waals surface area contributed by atoms with E-state index in [-0.39, 0.29) is 18.6 Å². The van der Waals surface area contributed by atoms with E-state index in [1.54, 1.807) is 0 Å². The zero-order valence-corrected chi connectivity index (χ0v) is 14.3. The maximum absolute atomic E-state index is 12.5. The number of hydrogen-bond donors (Lipinski definition) is 0. The zero-order chi connectivity index (χ0) is 17.5. The number of unbranched alkanes of at least 4 members (excludes halogenated alkanes) is 1. The molecule has 0 aliphatic carbocycles. The number of nitrogens with zero attached hydrogens (tertiary/aromatic N) is 1. The van der Waals surface area contributed by atoms with E-state index >= 15 is 0 Å². The predicted octanol–water partition coefficient (Wildman–Crippen LogP) is 3.99. The van der Waals surface area contributed by atoms with Gasteiger partial charge in [0.05, 0.1) is 6.04 Å². The molecule has 0 radical (unpaired) electrons. The summed E-state index contributed by atoms with van der Waals surface area (Å²) < 4.78 is 5.11. The number of benzene rings is 2. The molecule has 1 heterocycles. The third-order valence-corrected chi connectivity index (χ3v) is 4.49. The van der Waals surface area contributed by atoms with Crippen molar-refractivity contribution >= 4 is 12.0 Å². The fourth-order valence-corrected chi connectivity index (χ4v) is 3.17. The van der Waals surface area contributed by atoms with Crippen LogP contribution in [0.25, 0.3) is 0 Å². The Hall–Kier alpha value is -2.62. The van der Waals surface area contributed by atoms with E-state index < -0.39 is 6.09 Å². The highest BCUT2D eigenvalue weighted by Crippen LogP contribution is 2.19. The van der Waals surface area contributed by atoms with Gasteiger partial charge in [0, 0.05) is 6.42 Å². The van der Waals surface area contributed by atoms with Gasteiger partial charge in [0.2, 0.25) is 5.91 Å². The smallest absolute Gasteiger partial charge is 0.416 e. The number of carbonyl (C=O) groups is 2. The van der Waals surface area contributed by atoms with Gasteiger partial charge in [-0.25, -0.2) is 9.69 Å². The van der Waals surface area contributed by atoms with E-state index in [2.05, 4.69) is 12.1 Å². The van der Waals surface area contributed by atoms with Gasteiger partial charge in [-0.1, -0.05) is 60.7 Å². The first-order valence-corrected chi connectivity index (χ1v) is 8.80. The average Bonchev–Trinajstić information content (AvgIpc) is 3.00. The Morgan fingerprint density at radius 3 is 2.28 bits per heavy atom. The first-order valence-electron chi connectivity index (χ1n) is 8.80. The first-order chi connectivity index (χ1) is 12.2. The molecule has 2 aromatic carbocycles. The minimum atomic E-state index is -0.506. The number of hydrogen-bond acceptors (Lipinski definition) is 3. The van der Waals surface area contributed by atoms with Gasteiger partial charge in [0.15, 0.2) is 0 Å². The monoisotopic (exact) mass is 339 g/mol. The second kappa shape index (κ2) is 8.47. The van der Waals surface area contributed by atoms with Gasteiger partial charge in [-0.15, -0.1) is 0 Å². The summed E-state index contributed by atoms with van der Waals surface area (Å²) in [4.78, 5) is 25.8. The lowest BCUT2D eigenvalue weighted by atomic mass is 10.1. The highest BCUT2D eigenvalue weighted by atomic mass is 16.6. The number of ether oxygens (including phenoxy) is 1. The standard InChI is InChI=1S/C21H23NO3/c23-20(14-8-7-11-17-9-3-1-4-10-17)22-19(16-25-21(22)24)15-18-12-5-2-6-13-18/h1-6,9-10,12-13,19H,7-8,11,14-16H2/t19-/m1/s1/i20+2. The number of aryl methyl sites for hydroxylation is 1. The van der Waals surface area contributed by atoms with E-state index in [4.69, 9.17) is 4.74 Å². The summed E-state index contributed by atoms with van der Waals surface area (Å²) in [6.45, 7) is 0.281. The van der Waals surface area contributed by atoms with Crippen LogP contribution in [0.3, 0.4) is 0 Å². The van der Waals surface area contributed by atoms with Crippen molar-refractivity contribution < 1.29 is 14.3 Å². The third-order valence-electron chi connectivity index (χ3n) is 4.49. The van der Waals surface area contributed by atoms with Gasteiger partial charge in [0.25, 0.3) is 0 Å². The largest absolute Gasteiger partial charge is 0.447 e. The van der Waals surface area contributed by atoms with Gasteiger partial charge in [-0.05, 0) is 36.8 Å². The van der Waals surface area contributed by atoms with E-state index in [9.17, 15) is 9.59 Å². The van der Waals surface area contributed by atoms with Gasteiger partial charge < -0.3 is 4.74 Å². The van der Waals surface area contributed by atoms with Gasteiger partial charge in [-0.2, -0.15) is 0 Å². The van der Waals surface area contributed by atoms with Crippen LogP contribution < -0.4 is 0 Å². The molecule has 3 rings (SSSR count). The van der Waals surface area contributed by atoms with Gasteiger partial charge >= 0.3 is 6.09 Å². The van der Waals surface area contributed by atoms with Crippen molar-refractivity contribution in [2.24, 2.45) is 0 Å². The lowest BCUT2D eigenvalue weighted by molar-refractivity contribution is -0.129. The van der Waals surface area contributed by atoms with Crippen LogP contribution in [0.4, 0.5) is 4.79 Å². The molecular formula is C21H23NO3. The summed E-state index contributed by atoms with van der Waals surface area (Å²) in [5.74, 6) is -0.128. The van der Waals surface area contributed by atoms with Crippen LogP contribution in [0, 0.1) is 0 Å². The molecule has 0 aromatic heterocycles. The minimum Gasteiger partial charge on any atom is -0.447 e. The maximum Gasteiger partial charge on any atom is 0.416 e. The van der Waals surface area contributed by atoms with Crippen LogP contribution in [-0.4, -0.2) is 29.5 Å². The molecule has 4 heteroatoms. The molecule has 25 heavy (non-hydrogen) atoms. The summed E-state index contributed by atoms with van der Waals surface area (Å²) >= 11 is 0. The summed E-state index contributed by atoms with van der Waals surface area (Å²) in [6, 6.07) is 19.9. The van der Waals surface area contributed by atoms with Crippen molar-refractivity contribution in [3.8, 4) is 0 Å². The number of carbonyl (C=O) groups excluding carboxylic acids is 2. The molecule has 1 atom stereocenters. The quantitative estimate of drug-likeness (QED) is 0.717. The summed E-state index contributed by atoms with van der Waals surface area (Å²) in [5, 5.41) is 0. The van der Waals surface area contributed by atoms with E-state index in [1.807, 2.05) is 48.5 Å². The Morgan fingerprint density at radius 1 is 0.960 bits per heavy atom. The van der Waals surface area contributed by atoms with Crippen LogP contribution in [0.15, 0.2) is 60.7 Å². The third kappa shape index (κ3) is 4.69. The summed E-state index contributed by atoms with van der Waals surface area (Å²) in [6.07, 6.45) is 3.17. The molecule has 0 bridgehead atoms. The summed E-state index contributed by atoms with van der Waals surface area (Å²) in [7, 11) is 0. The van der Waals surface area contributed by atoms with Crippen molar-refractivity contribution in [2.75, 3.05) is 6.61 Å². The second-order valence-electron chi connectivity index (χ2n) is 6.38. The normalized spacial score (nSPS) is 16.7. The predicted molar refractivity (Wildman–Crippen MR) is 96.1 cm³/mol. The van der Waals surface area contributed by atoms with Crippen molar-refractivity contribution in [1.82, 2.24) is 4.90 Å². The van der Waals surface area contributed by atoms with Gasteiger partial charge in [0.1, 0.15) is 6.61 Å².